The molecule has 3 unspecified atom stereocenters. The molecule has 1 aromatic carbocycles. The minimum Gasteiger partial charge on any atom is -0.458 e. The van der Waals surface area contributed by atoms with Crippen LogP contribution in [0.5, 0.6) is 0 Å². The quantitative estimate of drug-likeness (QED) is 0.723. The lowest BCUT2D eigenvalue weighted by molar-refractivity contribution is -0.162. The Morgan fingerprint density at radius 3 is 2.08 bits per heavy atom. The van der Waals surface area contributed by atoms with E-state index in [1.807, 2.05) is 0 Å². The van der Waals surface area contributed by atoms with Crippen LogP contribution in [0.2, 0.25) is 0 Å². The van der Waals surface area contributed by atoms with Gasteiger partial charge in [-0.3, -0.25) is 0 Å². The van der Waals surface area contributed by atoms with Crippen LogP contribution in [0, 0.1) is 0 Å². The maximum absolute atomic E-state index is 14.8. The largest absolute Gasteiger partial charge is 0.458 e. The van der Waals surface area contributed by atoms with Gasteiger partial charge in [0.2, 0.25) is 6.17 Å². The summed E-state index contributed by atoms with van der Waals surface area (Å²) in [5.74, 6) is -0.978. The van der Waals surface area contributed by atoms with Gasteiger partial charge in [0.15, 0.2) is 0 Å². The zero-order chi connectivity index (χ0) is 18.7. The predicted molar refractivity (Wildman–Crippen MR) is 98.7 cm³/mol. The van der Waals surface area contributed by atoms with Crippen molar-refractivity contribution in [2.24, 2.45) is 0 Å². The van der Waals surface area contributed by atoms with Crippen molar-refractivity contribution < 1.29 is 18.1 Å². The third-order valence-electron chi connectivity index (χ3n) is 2.94. The van der Waals surface area contributed by atoms with Crippen molar-refractivity contribution in [2.75, 3.05) is 0 Å². The summed E-state index contributed by atoms with van der Waals surface area (Å²) in [6, 6.07) is 5.78. The molecule has 136 valence electrons. The normalized spacial score (nSPS) is 16.3. The molecule has 0 spiro atoms. The molecule has 3 atom stereocenters. The van der Waals surface area contributed by atoms with Gasteiger partial charge in [-0.25, -0.2) is 18.1 Å². The summed E-state index contributed by atoms with van der Waals surface area (Å²) < 4.78 is 35.3. The first-order valence-electron chi connectivity index (χ1n) is 7.62. The molecule has 0 aliphatic heterocycles. The Bertz CT molecular complexity index is 593. The maximum atomic E-state index is 14.8. The van der Waals surface area contributed by atoms with E-state index < -0.39 is 39.5 Å². The van der Waals surface area contributed by atoms with Crippen molar-refractivity contribution in [3.8, 4) is 0 Å². The van der Waals surface area contributed by atoms with Gasteiger partial charge >= 0.3 is 5.97 Å². The molecule has 7 heteroatoms. The van der Waals surface area contributed by atoms with Crippen LogP contribution in [0.25, 0.3) is 0 Å². The summed E-state index contributed by atoms with van der Waals surface area (Å²) >= 11 is 3.32. The first-order valence-corrected chi connectivity index (χ1v) is 9.56. The Morgan fingerprint density at radius 2 is 1.67 bits per heavy atom. The van der Waals surface area contributed by atoms with Gasteiger partial charge in [-0.2, -0.15) is 0 Å². The van der Waals surface area contributed by atoms with Gasteiger partial charge < -0.3 is 4.74 Å². The number of rotatable bonds is 5. The average molecular weight is 422 g/mol. The smallest absolute Gasteiger partial charge is 0.343 e. The lowest BCUT2D eigenvalue weighted by atomic mass is 10.0. The molecular formula is C17H25BrFNO3S. The van der Waals surface area contributed by atoms with E-state index >= 15 is 0 Å². The molecular weight excluding hydrogens is 397 g/mol. The fraction of sp³-hybridized carbons (Fsp3) is 0.588. The Hall–Kier alpha value is -0.790. The molecule has 0 aliphatic carbocycles. The molecule has 4 nitrogen and oxygen atoms in total. The number of hydrogen-bond acceptors (Lipinski definition) is 3. The number of alkyl halides is 1. The molecule has 24 heavy (non-hydrogen) atoms. The molecule has 0 bridgehead atoms. The second-order valence-corrected chi connectivity index (χ2v) is 10.4. The van der Waals surface area contributed by atoms with Gasteiger partial charge in [-0.1, -0.05) is 28.1 Å². The average Bonchev–Trinajstić information content (AvgIpc) is 2.42. The molecule has 1 rings (SSSR count). The standard InChI is InChI=1S/C17H25BrFNO3S/c1-16(2,3)23-15(21)13(19)14(20-24(22)17(4,5)6)11-7-9-12(18)10-8-11/h7-10,13-14,20H,1-6H3. The van der Waals surface area contributed by atoms with Crippen LogP contribution in [0.15, 0.2) is 28.7 Å². The van der Waals surface area contributed by atoms with Gasteiger partial charge in [0.25, 0.3) is 0 Å². The van der Waals surface area contributed by atoms with Crippen molar-refractivity contribution in [1.29, 1.82) is 0 Å². The van der Waals surface area contributed by atoms with Crippen molar-refractivity contribution in [1.82, 2.24) is 4.72 Å². The van der Waals surface area contributed by atoms with Gasteiger partial charge in [0, 0.05) is 4.47 Å². The number of nitrogens with one attached hydrogen (secondary N) is 1. The summed E-state index contributed by atoms with van der Waals surface area (Å²) in [5, 5.41) is 0. The van der Waals surface area contributed by atoms with E-state index in [1.165, 1.54) is 0 Å². The van der Waals surface area contributed by atoms with Crippen molar-refractivity contribution in [3.63, 3.8) is 0 Å². The Kier molecular flexibility index (Phi) is 7.14. The highest BCUT2D eigenvalue weighted by Gasteiger charge is 2.36. The lowest BCUT2D eigenvalue weighted by Crippen LogP contribution is -2.43. The number of ether oxygens (including phenoxy) is 1. The third kappa shape index (κ3) is 6.61. The molecule has 0 saturated carbocycles. The zero-order valence-electron chi connectivity index (χ0n) is 14.9. The van der Waals surface area contributed by atoms with E-state index in [2.05, 4.69) is 20.7 Å². The molecule has 1 aromatic rings. The third-order valence-corrected chi connectivity index (χ3v) is 5.05. The second-order valence-electron chi connectivity index (χ2n) is 7.46. The lowest BCUT2D eigenvalue weighted by Gasteiger charge is -2.28. The van der Waals surface area contributed by atoms with Crippen LogP contribution in [-0.2, 0) is 20.5 Å². The number of benzene rings is 1. The zero-order valence-corrected chi connectivity index (χ0v) is 17.3. The van der Waals surface area contributed by atoms with E-state index in [4.69, 9.17) is 4.74 Å². The Balaban J connectivity index is 3.10. The Labute approximate surface area is 154 Å². The van der Waals surface area contributed by atoms with Gasteiger partial charge in [0.05, 0.1) is 21.8 Å². The first kappa shape index (κ1) is 21.3. The van der Waals surface area contributed by atoms with Crippen LogP contribution in [0.1, 0.15) is 53.1 Å². The molecule has 0 fully saturated rings. The minimum absolute atomic E-state index is 0.522. The van der Waals surface area contributed by atoms with E-state index in [0.717, 1.165) is 4.47 Å². The Morgan fingerprint density at radius 1 is 1.17 bits per heavy atom. The molecule has 0 aromatic heterocycles. The number of carbonyl (C=O) groups is 1. The van der Waals surface area contributed by atoms with Crippen LogP contribution in [0.4, 0.5) is 4.39 Å². The topological polar surface area (TPSA) is 55.4 Å². The van der Waals surface area contributed by atoms with Crippen LogP contribution in [0.3, 0.4) is 0 Å². The summed E-state index contributed by atoms with van der Waals surface area (Å²) in [5.41, 5.74) is -0.274. The van der Waals surface area contributed by atoms with E-state index in [0.29, 0.717) is 5.56 Å². The molecule has 0 aliphatic rings. The maximum Gasteiger partial charge on any atom is 0.343 e. The van der Waals surface area contributed by atoms with Gasteiger partial charge in [-0.15, -0.1) is 0 Å². The fourth-order valence-electron chi connectivity index (χ4n) is 1.75. The van der Waals surface area contributed by atoms with Crippen molar-refractivity contribution in [3.05, 3.63) is 34.3 Å². The highest BCUT2D eigenvalue weighted by molar-refractivity contribution is 9.10. The van der Waals surface area contributed by atoms with E-state index in [-0.39, 0.29) is 0 Å². The van der Waals surface area contributed by atoms with Crippen LogP contribution in [-0.4, -0.2) is 26.7 Å². The summed E-state index contributed by atoms with van der Waals surface area (Å²) in [6.07, 6.45) is -1.98. The molecule has 0 saturated heterocycles. The second kappa shape index (κ2) is 8.06. The summed E-state index contributed by atoms with van der Waals surface area (Å²) in [4.78, 5) is 12.1. The molecule has 1 N–H and O–H groups in total. The summed E-state index contributed by atoms with van der Waals surface area (Å²) in [7, 11) is -1.54. The predicted octanol–water partition coefficient (Wildman–Crippen LogP) is 4.22. The monoisotopic (exact) mass is 421 g/mol. The highest BCUT2D eigenvalue weighted by atomic mass is 79.9. The summed E-state index contributed by atoms with van der Waals surface area (Å²) in [6.45, 7) is 10.3. The highest BCUT2D eigenvalue weighted by Crippen LogP contribution is 2.26. The van der Waals surface area contributed by atoms with Crippen LogP contribution >= 0.6 is 15.9 Å². The number of esters is 1. The fourth-order valence-corrected chi connectivity index (χ4v) is 2.86. The van der Waals surface area contributed by atoms with Gasteiger partial charge in [-0.05, 0) is 59.2 Å². The van der Waals surface area contributed by atoms with Crippen molar-refractivity contribution >= 4 is 32.9 Å². The molecule has 0 amide bonds. The molecule has 0 radical (unpaired) electrons. The number of halogens is 2. The molecule has 0 heterocycles. The van der Waals surface area contributed by atoms with E-state index in [1.54, 1.807) is 65.8 Å². The van der Waals surface area contributed by atoms with E-state index in [9.17, 15) is 13.4 Å². The number of carbonyl (C=O) groups excluding carboxylic acids is 1. The number of hydrogen-bond donors (Lipinski definition) is 1. The SMILES string of the molecule is CC(C)(C)OC(=O)C(F)C(NS(=O)C(C)(C)C)c1ccc(Br)cc1. The van der Waals surface area contributed by atoms with Gasteiger partial charge in [0.1, 0.15) is 5.60 Å². The van der Waals surface area contributed by atoms with Crippen molar-refractivity contribution in [2.45, 2.75) is 64.1 Å². The van der Waals surface area contributed by atoms with Crippen LogP contribution < -0.4 is 4.72 Å². The first-order chi connectivity index (χ1) is 10.8. The minimum atomic E-state index is -1.98.